The van der Waals surface area contributed by atoms with E-state index in [1.165, 1.54) is 33.7 Å². The summed E-state index contributed by atoms with van der Waals surface area (Å²) in [5.41, 5.74) is 1.43. The Morgan fingerprint density at radius 1 is 1.13 bits per heavy atom. The summed E-state index contributed by atoms with van der Waals surface area (Å²) < 4.78 is 8.84. The summed E-state index contributed by atoms with van der Waals surface area (Å²) >= 11 is 2.90. The molecule has 0 fully saturated rings. The molecular weight excluding hydrogens is 420 g/mol. The van der Waals surface area contributed by atoms with Crippen molar-refractivity contribution in [3.05, 3.63) is 75.8 Å². The molecule has 0 unspecified atom stereocenters. The fourth-order valence-electron chi connectivity index (χ4n) is 2.99. The van der Waals surface area contributed by atoms with E-state index in [0.29, 0.717) is 33.1 Å². The van der Waals surface area contributed by atoms with E-state index in [1.54, 1.807) is 6.26 Å². The topological polar surface area (TPSA) is 91.1 Å². The highest BCUT2D eigenvalue weighted by Crippen LogP contribution is 2.29. The number of nitrogens with zero attached hydrogens (tertiary/aromatic N) is 6. The Hall–Kier alpha value is -3.24. The first-order chi connectivity index (χ1) is 14.7. The van der Waals surface area contributed by atoms with Gasteiger partial charge in [-0.25, -0.2) is 4.98 Å². The van der Waals surface area contributed by atoms with Crippen LogP contribution in [0.4, 0.5) is 0 Å². The molecule has 0 aliphatic carbocycles. The van der Waals surface area contributed by atoms with Crippen molar-refractivity contribution in [2.75, 3.05) is 0 Å². The van der Waals surface area contributed by atoms with Crippen LogP contribution in [0.1, 0.15) is 17.6 Å². The molecule has 5 aromatic rings. The Morgan fingerprint density at radius 2 is 2.00 bits per heavy atom. The lowest BCUT2D eigenvalue weighted by Crippen LogP contribution is -2.15. The molecule has 150 valence electrons. The quantitative estimate of drug-likeness (QED) is 0.373. The van der Waals surface area contributed by atoms with Crippen molar-refractivity contribution in [3.63, 3.8) is 0 Å². The Balaban J connectivity index is 1.50. The lowest BCUT2D eigenvalue weighted by molar-refractivity contribution is 0.575. The molecule has 4 heterocycles. The minimum absolute atomic E-state index is 0.174. The zero-order valence-electron chi connectivity index (χ0n) is 15.9. The van der Waals surface area contributed by atoms with Crippen LogP contribution >= 0.6 is 23.1 Å². The molecule has 30 heavy (non-hydrogen) atoms. The molecule has 0 amide bonds. The lowest BCUT2D eigenvalue weighted by Gasteiger charge is -2.08. The zero-order chi connectivity index (χ0) is 20.5. The maximum atomic E-state index is 12.4. The zero-order valence-corrected chi connectivity index (χ0v) is 17.6. The average Bonchev–Trinajstić information content (AvgIpc) is 3.51. The molecule has 0 bridgehead atoms. The van der Waals surface area contributed by atoms with Crippen molar-refractivity contribution in [3.8, 4) is 17.3 Å². The van der Waals surface area contributed by atoms with Gasteiger partial charge in [0.1, 0.15) is 5.01 Å². The van der Waals surface area contributed by atoms with Gasteiger partial charge in [0.05, 0.1) is 12.0 Å². The summed E-state index contributed by atoms with van der Waals surface area (Å²) in [6, 6.07) is 15.0. The predicted molar refractivity (Wildman–Crippen MR) is 115 cm³/mol. The van der Waals surface area contributed by atoms with Gasteiger partial charge in [-0.3, -0.25) is 9.36 Å². The molecule has 8 nitrogen and oxygen atoms in total. The maximum Gasteiger partial charge on any atom is 0.275 e. The van der Waals surface area contributed by atoms with Crippen LogP contribution in [0.2, 0.25) is 0 Å². The minimum atomic E-state index is -0.174. The smallest absolute Gasteiger partial charge is 0.275 e. The second-order valence-corrected chi connectivity index (χ2v) is 8.36. The number of benzene rings is 1. The molecule has 4 aromatic heterocycles. The van der Waals surface area contributed by atoms with E-state index in [0.717, 1.165) is 17.1 Å². The van der Waals surface area contributed by atoms with Crippen LogP contribution in [0.25, 0.3) is 22.2 Å². The number of thioether (sulfide) groups is 1. The highest BCUT2D eigenvalue weighted by Gasteiger charge is 2.18. The fourth-order valence-corrected chi connectivity index (χ4v) is 4.69. The number of para-hydroxylation sites is 1. The van der Waals surface area contributed by atoms with Crippen LogP contribution in [-0.4, -0.2) is 29.4 Å². The number of hydrogen-bond donors (Lipinski definition) is 0. The van der Waals surface area contributed by atoms with Gasteiger partial charge in [-0.15, -0.1) is 10.2 Å². The van der Waals surface area contributed by atoms with Crippen molar-refractivity contribution in [2.45, 2.75) is 24.3 Å². The van der Waals surface area contributed by atoms with Gasteiger partial charge in [-0.2, -0.15) is 9.61 Å². The van der Waals surface area contributed by atoms with Crippen LogP contribution in [0.3, 0.4) is 0 Å². The first-order valence-corrected chi connectivity index (χ1v) is 11.1. The molecular formula is C20H16N6O2S2. The number of hydrogen-bond acceptors (Lipinski definition) is 8. The number of fused-ring (bicyclic) bond motifs is 1. The molecule has 10 heteroatoms. The van der Waals surface area contributed by atoms with Crippen LogP contribution < -0.4 is 5.56 Å². The summed E-state index contributed by atoms with van der Waals surface area (Å²) in [6.07, 6.45) is 2.38. The maximum absolute atomic E-state index is 12.4. The largest absolute Gasteiger partial charge is 0.461 e. The van der Waals surface area contributed by atoms with Gasteiger partial charge >= 0.3 is 0 Å². The standard InChI is InChI=1S/C20H16N6O2S2/c1-2-16-24-26-17(27)11-13(21-19(26)30-16)12-29-20-23-22-18(15-9-6-10-28-15)25(20)14-7-4-3-5-8-14/h3-11H,2,12H2,1H3. The fraction of sp³-hybridized carbons (Fsp3) is 0.150. The van der Waals surface area contributed by atoms with Gasteiger partial charge in [0.2, 0.25) is 10.8 Å². The Bertz CT molecular complexity index is 1360. The van der Waals surface area contributed by atoms with Crippen molar-refractivity contribution < 1.29 is 4.42 Å². The molecule has 0 radical (unpaired) electrons. The second kappa shape index (κ2) is 7.88. The predicted octanol–water partition coefficient (Wildman–Crippen LogP) is 3.85. The third-order valence-corrected chi connectivity index (χ3v) is 6.40. The number of aryl methyl sites for hydroxylation is 1. The van der Waals surface area contributed by atoms with Gasteiger partial charge in [-0.1, -0.05) is 48.2 Å². The molecule has 0 N–H and O–H groups in total. The summed E-state index contributed by atoms with van der Waals surface area (Å²) in [5.74, 6) is 1.73. The van der Waals surface area contributed by atoms with Gasteiger partial charge in [0, 0.05) is 17.5 Å². The summed E-state index contributed by atoms with van der Waals surface area (Å²) in [5, 5.41) is 14.6. The molecule has 0 saturated carbocycles. The third kappa shape index (κ3) is 3.44. The molecule has 5 rings (SSSR count). The highest BCUT2D eigenvalue weighted by molar-refractivity contribution is 7.98. The van der Waals surface area contributed by atoms with E-state index in [1.807, 2.05) is 54.0 Å². The Labute approximate surface area is 179 Å². The number of furan rings is 1. The normalized spacial score (nSPS) is 11.4. The highest BCUT2D eigenvalue weighted by atomic mass is 32.2. The van der Waals surface area contributed by atoms with Gasteiger partial charge < -0.3 is 4.42 Å². The summed E-state index contributed by atoms with van der Waals surface area (Å²) in [4.78, 5) is 17.6. The van der Waals surface area contributed by atoms with Crippen molar-refractivity contribution in [2.24, 2.45) is 0 Å². The minimum Gasteiger partial charge on any atom is -0.461 e. The molecule has 1 aromatic carbocycles. The van der Waals surface area contributed by atoms with E-state index in [9.17, 15) is 4.79 Å². The number of rotatable bonds is 6. The van der Waals surface area contributed by atoms with Gasteiger partial charge in [0.15, 0.2) is 10.9 Å². The van der Waals surface area contributed by atoms with Crippen molar-refractivity contribution >= 4 is 28.1 Å². The molecule has 0 aliphatic heterocycles. The van der Waals surface area contributed by atoms with Crippen LogP contribution in [0.15, 0.2) is 69.2 Å². The van der Waals surface area contributed by atoms with Crippen LogP contribution in [0.5, 0.6) is 0 Å². The van der Waals surface area contributed by atoms with E-state index in [4.69, 9.17) is 4.42 Å². The molecule has 0 aliphatic rings. The van der Waals surface area contributed by atoms with E-state index in [2.05, 4.69) is 20.3 Å². The van der Waals surface area contributed by atoms with E-state index in [-0.39, 0.29) is 5.56 Å². The first-order valence-electron chi connectivity index (χ1n) is 9.29. The number of aromatic nitrogens is 6. The van der Waals surface area contributed by atoms with Gasteiger partial charge in [-0.05, 0) is 30.7 Å². The monoisotopic (exact) mass is 436 g/mol. The Morgan fingerprint density at radius 3 is 2.77 bits per heavy atom. The average molecular weight is 437 g/mol. The molecule has 0 atom stereocenters. The van der Waals surface area contributed by atoms with E-state index >= 15 is 0 Å². The second-order valence-electron chi connectivity index (χ2n) is 6.37. The SMILES string of the molecule is CCc1nn2c(=O)cc(CSc3nnc(-c4ccco4)n3-c3ccccc3)nc2s1. The molecule has 0 spiro atoms. The van der Waals surface area contributed by atoms with Gasteiger partial charge in [0.25, 0.3) is 5.56 Å². The Kier molecular flexibility index (Phi) is 4.93. The van der Waals surface area contributed by atoms with Crippen molar-refractivity contribution in [1.82, 2.24) is 29.4 Å². The van der Waals surface area contributed by atoms with Crippen LogP contribution in [0, 0.1) is 0 Å². The lowest BCUT2D eigenvalue weighted by atomic mass is 10.3. The summed E-state index contributed by atoms with van der Waals surface area (Å²) in [6.45, 7) is 2.01. The van der Waals surface area contributed by atoms with Crippen molar-refractivity contribution in [1.29, 1.82) is 0 Å². The first kappa shape index (κ1) is 18.8. The third-order valence-electron chi connectivity index (χ3n) is 4.38. The van der Waals surface area contributed by atoms with Crippen LogP contribution in [-0.2, 0) is 12.2 Å². The van der Waals surface area contributed by atoms with E-state index < -0.39 is 0 Å². The molecule has 0 saturated heterocycles. The summed E-state index contributed by atoms with van der Waals surface area (Å²) in [7, 11) is 0.